The highest BCUT2D eigenvalue weighted by Gasteiger charge is 2.43. The van der Waals surface area contributed by atoms with Crippen molar-refractivity contribution in [2.24, 2.45) is 11.8 Å². The van der Waals surface area contributed by atoms with E-state index in [0.717, 1.165) is 36.9 Å². The number of anilines is 1. The summed E-state index contributed by atoms with van der Waals surface area (Å²) in [4.78, 5) is 6.80. The first-order chi connectivity index (χ1) is 19.4. The minimum Gasteiger partial charge on any atom is -0.497 e. The van der Waals surface area contributed by atoms with Gasteiger partial charge in [-0.15, -0.1) is 6.58 Å². The number of pyridine rings is 1. The number of hydrogen-bond donors (Lipinski definition) is 2. The van der Waals surface area contributed by atoms with E-state index in [9.17, 15) is 26.3 Å². The topological polar surface area (TPSA) is 49.4 Å². The van der Waals surface area contributed by atoms with Gasteiger partial charge in [-0.1, -0.05) is 6.08 Å². The van der Waals surface area contributed by atoms with Crippen molar-refractivity contribution in [3.05, 3.63) is 78.0 Å². The van der Waals surface area contributed by atoms with E-state index in [4.69, 9.17) is 17.0 Å². The molecule has 3 fully saturated rings. The Morgan fingerprint density at radius 3 is 2.39 bits per heavy atom. The number of alkyl halides is 6. The molecule has 2 bridgehead atoms. The van der Waals surface area contributed by atoms with Gasteiger partial charge in [0.25, 0.3) is 0 Å². The van der Waals surface area contributed by atoms with Crippen molar-refractivity contribution in [3.63, 3.8) is 0 Å². The van der Waals surface area contributed by atoms with Crippen LogP contribution in [0.3, 0.4) is 0 Å². The lowest BCUT2D eigenvalue weighted by Gasteiger charge is -2.52. The number of methoxy groups -OCH3 is 1. The molecule has 3 aromatic rings. The molecular formula is C29H28F6N4OS. The van der Waals surface area contributed by atoms with Gasteiger partial charge in [0.05, 0.1) is 29.8 Å². The van der Waals surface area contributed by atoms with Gasteiger partial charge in [-0.05, 0) is 91.5 Å². The lowest BCUT2D eigenvalue weighted by molar-refractivity contribution is -0.143. The van der Waals surface area contributed by atoms with Gasteiger partial charge in [0.15, 0.2) is 5.11 Å². The van der Waals surface area contributed by atoms with Crippen LogP contribution in [0.2, 0.25) is 0 Å². The number of ether oxygens (including phenoxy) is 1. The number of rotatable bonds is 6. The van der Waals surface area contributed by atoms with Crippen LogP contribution in [0.25, 0.3) is 10.9 Å². The molecule has 218 valence electrons. The number of nitrogens with zero attached hydrogens (tertiary/aromatic N) is 2. The number of benzene rings is 2. The van der Waals surface area contributed by atoms with Gasteiger partial charge in [0.1, 0.15) is 5.75 Å². The van der Waals surface area contributed by atoms with Crippen LogP contribution in [0.4, 0.5) is 32.0 Å². The summed E-state index contributed by atoms with van der Waals surface area (Å²) in [5, 5.41) is 6.52. The van der Waals surface area contributed by atoms with E-state index >= 15 is 0 Å². The third-order valence-electron chi connectivity index (χ3n) is 7.99. The van der Waals surface area contributed by atoms with Crippen LogP contribution < -0.4 is 15.4 Å². The number of halogens is 6. The quantitative estimate of drug-likeness (QED) is 0.179. The van der Waals surface area contributed by atoms with Crippen molar-refractivity contribution in [1.82, 2.24) is 15.2 Å². The first-order valence-corrected chi connectivity index (χ1v) is 13.4. The predicted molar refractivity (Wildman–Crippen MR) is 149 cm³/mol. The zero-order chi connectivity index (χ0) is 29.5. The second kappa shape index (κ2) is 11.1. The summed E-state index contributed by atoms with van der Waals surface area (Å²) in [6, 6.07) is 8.15. The Morgan fingerprint density at radius 2 is 1.80 bits per heavy atom. The fourth-order valence-electron chi connectivity index (χ4n) is 5.99. The van der Waals surface area contributed by atoms with E-state index in [-0.39, 0.29) is 17.2 Å². The molecule has 6 rings (SSSR count). The summed E-state index contributed by atoms with van der Waals surface area (Å²) in [5.74, 6) is 1.35. The molecule has 0 aliphatic carbocycles. The molecular weight excluding hydrogens is 566 g/mol. The van der Waals surface area contributed by atoms with E-state index in [2.05, 4.69) is 27.1 Å². The van der Waals surface area contributed by atoms with Crippen LogP contribution in [0.15, 0.2) is 61.3 Å². The Morgan fingerprint density at radius 1 is 1.10 bits per heavy atom. The maximum absolute atomic E-state index is 13.4. The molecule has 0 amide bonds. The number of piperidine rings is 3. The molecule has 5 nitrogen and oxygen atoms in total. The fraction of sp³-hybridized carbons (Fsp3) is 0.379. The number of aromatic nitrogens is 1. The molecule has 4 heterocycles. The Bertz CT molecular complexity index is 1430. The average molecular weight is 595 g/mol. The second-order valence-corrected chi connectivity index (χ2v) is 10.8. The molecule has 1 aromatic heterocycles. The van der Waals surface area contributed by atoms with E-state index in [0.29, 0.717) is 35.2 Å². The van der Waals surface area contributed by atoms with Gasteiger partial charge < -0.3 is 15.4 Å². The molecule has 41 heavy (non-hydrogen) atoms. The van der Waals surface area contributed by atoms with Crippen molar-refractivity contribution in [3.8, 4) is 5.75 Å². The highest BCUT2D eigenvalue weighted by molar-refractivity contribution is 7.80. The van der Waals surface area contributed by atoms with Gasteiger partial charge in [-0.2, -0.15) is 26.3 Å². The summed E-state index contributed by atoms with van der Waals surface area (Å²) >= 11 is 5.50. The van der Waals surface area contributed by atoms with Crippen molar-refractivity contribution < 1.29 is 31.1 Å². The smallest absolute Gasteiger partial charge is 0.416 e. The number of hydrogen-bond acceptors (Lipinski definition) is 4. The zero-order valence-electron chi connectivity index (χ0n) is 22.0. The van der Waals surface area contributed by atoms with Crippen LogP contribution >= 0.6 is 12.2 Å². The van der Waals surface area contributed by atoms with E-state index in [1.807, 2.05) is 24.3 Å². The van der Waals surface area contributed by atoms with Gasteiger partial charge in [-0.25, -0.2) is 0 Å². The molecule has 5 atom stereocenters. The van der Waals surface area contributed by atoms with Crippen LogP contribution in [0.5, 0.6) is 5.75 Å². The molecule has 12 heteroatoms. The third-order valence-corrected chi connectivity index (χ3v) is 8.21. The number of fused-ring (bicyclic) bond motifs is 4. The number of thiocarbonyl (C=S) groups is 1. The van der Waals surface area contributed by atoms with E-state index in [1.165, 1.54) is 0 Å². The first kappa shape index (κ1) is 29.1. The molecule has 0 spiro atoms. The molecule has 2 unspecified atom stereocenters. The van der Waals surface area contributed by atoms with Crippen molar-refractivity contribution >= 4 is 33.9 Å². The molecule has 0 saturated carbocycles. The minimum absolute atomic E-state index is 0.0475. The molecule has 3 saturated heterocycles. The van der Waals surface area contributed by atoms with E-state index < -0.39 is 35.2 Å². The van der Waals surface area contributed by atoms with Gasteiger partial charge in [0.2, 0.25) is 0 Å². The lowest BCUT2D eigenvalue weighted by Crippen LogP contribution is -2.57. The van der Waals surface area contributed by atoms with Gasteiger partial charge >= 0.3 is 12.4 Å². The Labute approximate surface area is 238 Å². The molecule has 3 aliphatic heterocycles. The van der Waals surface area contributed by atoms with Crippen LogP contribution in [0.1, 0.15) is 35.6 Å². The molecule has 0 radical (unpaired) electrons. The standard InChI is InChI=1S/C29H28F6N4OS/c1-3-16-15-39-9-7-17(16)10-25(39)26(22-6-8-36-24-5-4-21(40-2)14-23(22)24)38-27(41)37-20-12-18(28(30,31)32)11-19(13-20)29(33,34)35/h3-6,8,11-14,16-17,25-26H,1,7,9-10,15H2,2H3,(H2,37,38,41)/t16-,17-,25?,26-/m0/s1. The van der Waals surface area contributed by atoms with Crippen LogP contribution in [-0.2, 0) is 12.4 Å². The fourth-order valence-corrected chi connectivity index (χ4v) is 6.23. The maximum atomic E-state index is 13.4. The highest BCUT2D eigenvalue weighted by Crippen LogP contribution is 2.43. The summed E-state index contributed by atoms with van der Waals surface area (Å²) < 4.78 is 86.0. The maximum Gasteiger partial charge on any atom is 0.416 e. The molecule has 2 aromatic carbocycles. The highest BCUT2D eigenvalue weighted by atomic mass is 32.1. The SMILES string of the molecule is C=C[C@H]1CN2CC[C@H]1CC2[C@@H](NC(=S)Nc1cc(C(F)(F)F)cc(C(F)(F)F)c1)c1ccnc2ccc(OC)cc12. The van der Waals surface area contributed by atoms with Crippen molar-refractivity contribution in [1.29, 1.82) is 0 Å². The molecule has 2 N–H and O–H groups in total. The second-order valence-electron chi connectivity index (χ2n) is 10.4. The van der Waals surface area contributed by atoms with Gasteiger partial charge in [-0.3, -0.25) is 9.88 Å². The largest absolute Gasteiger partial charge is 0.497 e. The summed E-state index contributed by atoms with van der Waals surface area (Å²) in [5.41, 5.74) is -1.71. The lowest BCUT2D eigenvalue weighted by atomic mass is 9.73. The zero-order valence-corrected chi connectivity index (χ0v) is 22.8. The monoisotopic (exact) mass is 594 g/mol. The van der Waals surface area contributed by atoms with Gasteiger partial charge in [0, 0.05) is 29.9 Å². The summed E-state index contributed by atoms with van der Waals surface area (Å²) in [6.45, 7) is 5.63. The third kappa shape index (κ3) is 6.13. The van der Waals surface area contributed by atoms with Crippen molar-refractivity contribution in [2.75, 3.05) is 25.5 Å². The minimum atomic E-state index is -4.97. The van der Waals surface area contributed by atoms with Crippen molar-refractivity contribution in [2.45, 2.75) is 37.3 Å². The Hall–Kier alpha value is -3.38. The number of nitrogens with one attached hydrogen (secondary N) is 2. The Kier molecular flexibility index (Phi) is 7.90. The first-order valence-electron chi connectivity index (χ1n) is 13.0. The van der Waals surface area contributed by atoms with Crippen LogP contribution in [-0.4, -0.2) is 41.2 Å². The predicted octanol–water partition coefficient (Wildman–Crippen LogP) is 7.21. The Balaban J connectivity index is 1.51. The molecule has 3 aliphatic rings. The average Bonchev–Trinajstić information content (AvgIpc) is 2.94. The summed E-state index contributed by atoms with van der Waals surface area (Å²) in [7, 11) is 1.55. The van der Waals surface area contributed by atoms with Crippen LogP contribution in [0, 0.1) is 11.8 Å². The summed E-state index contributed by atoms with van der Waals surface area (Å²) in [6.07, 6.45) is -4.48. The van der Waals surface area contributed by atoms with E-state index in [1.54, 1.807) is 19.4 Å². The normalized spacial score (nSPS) is 23.2.